The van der Waals surface area contributed by atoms with Crippen LogP contribution in [0.3, 0.4) is 0 Å². The van der Waals surface area contributed by atoms with Crippen LogP contribution in [0.1, 0.15) is 200 Å². The van der Waals surface area contributed by atoms with Crippen LogP contribution in [-0.4, -0.2) is 41.9 Å². The molecule has 0 bridgehead atoms. The van der Waals surface area contributed by atoms with Gasteiger partial charge in [0.15, 0.2) is 11.6 Å². The third-order valence-corrected chi connectivity index (χ3v) is 9.44. The van der Waals surface area contributed by atoms with Gasteiger partial charge in [-0.2, -0.15) is 8.42 Å². The van der Waals surface area contributed by atoms with E-state index in [2.05, 4.69) is 38.2 Å². The van der Waals surface area contributed by atoms with Crippen LogP contribution < -0.4 is 0 Å². The molecule has 0 aromatic carbocycles. The lowest BCUT2D eigenvalue weighted by molar-refractivity contribution is -0.150. The standard InChI is InChI=1S/C39H72O7S/c1-3-5-7-9-11-13-15-17-19-21-23-25-27-29-31-33-37(41)39(35-36-40,46-47(43,44)45)38(42)34-32-30-28-26-24-22-20-18-16-14-12-10-8-6-4-2/h17-20,40H,3-16,21-36H2,1-2H3,(H,43,44,45). The fourth-order valence-electron chi connectivity index (χ4n) is 6.02. The SMILES string of the molecule is CCCCCCCCC=CCCCCCCCC(=O)C(CCO)(OS(=O)(=O)O)C(=O)CCCCCCCC=CCCCCCCCC. The summed E-state index contributed by atoms with van der Waals surface area (Å²) in [5.41, 5.74) is -2.36. The molecule has 0 radical (unpaired) electrons. The van der Waals surface area contributed by atoms with Gasteiger partial charge in [-0.25, -0.2) is 4.18 Å². The number of allylic oxidation sites excluding steroid dienone is 4. The molecule has 0 amide bonds. The first-order valence-electron chi connectivity index (χ1n) is 19.4. The van der Waals surface area contributed by atoms with E-state index in [1.54, 1.807) is 0 Å². The Labute approximate surface area is 289 Å². The second-order valence-electron chi connectivity index (χ2n) is 13.3. The molecule has 0 aliphatic heterocycles. The summed E-state index contributed by atoms with van der Waals surface area (Å²) in [6.07, 6.45) is 37.2. The average molecular weight is 685 g/mol. The van der Waals surface area contributed by atoms with Gasteiger partial charge in [0.25, 0.3) is 0 Å². The predicted octanol–water partition coefficient (Wildman–Crippen LogP) is 11.1. The maximum Gasteiger partial charge on any atom is 0.398 e. The Morgan fingerprint density at radius 3 is 1.13 bits per heavy atom. The van der Waals surface area contributed by atoms with Gasteiger partial charge >= 0.3 is 10.4 Å². The molecular formula is C39H72O7S. The van der Waals surface area contributed by atoms with E-state index in [1.807, 2.05) is 0 Å². The van der Waals surface area contributed by atoms with Gasteiger partial charge in [0, 0.05) is 25.9 Å². The highest BCUT2D eigenvalue weighted by atomic mass is 32.3. The van der Waals surface area contributed by atoms with Gasteiger partial charge in [-0.15, -0.1) is 0 Å². The van der Waals surface area contributed by atoms with E-state index >= 15 is 0 Å². The van der Waals surface area contributed by atoms with Gasteiger partial charge in [-0.3, -0.25) is 14.1 Å². The van der Waals surface area contributed by atoms with E-state index < -0.39 is 40.6 Å². The summed E-state index contributed by atoms with van der Waals surface area (Å²) in [6.45, 7) is 3.86. The second-order valence-corrected chi connectivity index (χ2v) is 14.3. The zero-order chi connectivity index (χ0) is 34.9. The average Bonchev–Trinajstić information content (AvgIpc) is 3.03. The maximum atomic E-state index is 13.2. The van der Waals surface area contributed by atoms with Crippen LogP contribution in [-0.2, 0) is 24.2 Å². The molecule has 276 valence electrons. The number of hydrogen-bond acceptors (Lipinski definition) is 6. The summed E-state index contributed by atoms with van der Waals surface area (Å²) in [5, 5.41) is 9.63. The van der Waals surface area contributed by atoms with Crippen molar-refractivity contribution in [1.29, 1.82) is 0 Å². The molecule has 0 saturated carbocycles. The number of aliphatic hydroxyl groups is 1. The first kappa shape index (κ1) is 45.6. The van der Waals surface area contributed by atoms with Crippen molar-refractivity contribution < 1.29 is 31.8 Å². The topological polar surface area (TPSA) is 118 Å². The molecule has 0 spiro atoms. The number of unbranched alkanes of at least 4 members (excludes halogenated alkanes) is 22. The molecule has 0 fully saturated rings. The van der Waals surface area contributed by atoms with Crippen LogP contribution in [0.25, 0.3) is 0 Å². The number of rotatable bonds is 36. The molecule has 0 heterocycles. The molecule has 0 aliphatic carbocycles. The highest BCUT2D eigenvalue weighted by Gasteiger charge is 2.48. The molecule has 2 N–H and O–H groups in total. The van der Waals surface area contributed by atoms with Crippen molar-refractivity contribution >= 4 is 22.0 Å². The molecule has 0 aliphatic rings. The molecule has 0 unspecified atom stereocenters. The summed E-state index contributed by atoms with van der Waals surface area (Å²) < 4.78 is 37.6. The molecule has 8 heteroatoms. The Kier molecular flexibility index (Phi) is 31.0. The van der Waals surface area contributed by atoms with Gasteiger partial charge in [-0.05, 0) is 64.2 Å². The van der Waals surface area contributed by atoms with Crippen molar-refractivity contribution in [2.75, 3.05) is 6.61 Å². The van der Waals surface area contributed by atoms with Gasteiger partial charge in [0.05, 0.1) is 0 Å². The Morgan fingerprint density at radius 2 is 0.830 bits per heavy atom. The summed E-state index contributed by atoms with van der Waals surface area (Å²) in [5.74, 6) is -1.36. The summed E-state index contributed by atoms with van der Waals surface area (Å²) in [4.78, 5) is 26.4. The molecule has 7 nitrogen and oxygen atoms in total. The van der Waals surface area contributed by atoms with Crippen molar-refractivity contribution in [3.8, 4) is 0 Å². The highest BCUT2D eigenvalue weighted by Crippen LogP contribution is 2.27. The van der Waals surface area contributed by atoms with Gasteiger partial charge in [0.2, 0.25) is 5.60 Å². The first-order valence-corrected chi connectivity index (χ1v) is 20.8. The van der Waals surface area contributed by atoms with Crippen LogP contribution in [0.15, 0.2) is 24.3 Å². The maximum absolute atomic E-state index is 13.2. The smallest absolute Gasteiger partial charge is 0.396 e. The van der Waals surface area contributed by atoms with Gasteiger partial charge < -0.3 is 5.11 Å². The summed E-state index contributed by atoms with van der Waals surface area (Å²) >= 11 is 0. The number of carbonyl (C=O) groups is 2. The largest absolute Gasteiger partial charge is 0.398 e. The number of Topliss-reactive ketones (excluding diaryl/α,β-unsaturated/α-hetero) is 2. The summed E-state index contributed by atoms with van der Waals surface area (Å²) in [6, 6.07) is 0. The van der Waals surface area contributed by atoms with Gasteiger partial charge in [-0.1, -0.05) is 141 Å². The minimum Gasteiger partial charge on any atom is -0.396 e. The van der Waals surface area contributed by atoms with E-state index in [0.717, 1.165) is 77.0 Å². The fraction of sp³-hybridized carbons (Fsp3) is 0.846. The molecule has 0 saturated heterocycles. The van der Waals surface area contributed by atoms with E-state index in [4.69, 9.17) is 4.18 Å². The van der Waals surface area contributed by atoms with E-state index in [1.165, 1.54) is 77.0 Å². The van der Waals surface area contributed by atoms with Crippen LogP contribution >= 0.6 is 0 Å². The number of carbonyl (C=O) groups excluding carboxylic acids is 2. The van der Waals surface area contributed by atoms with E-state index in [0.29, 0.717) is 12.8 Å². The Hall–Kier alpha value is -1.35. The zero-order valence-electron chi connectivity index (χ0n) is 30.4. The molecule has 47 heavy (non-hydrogen) atoms. The van der Waals surface area contributed by atoms with Crippen LogP contribution in [0.5, 0.6) is 0 Å². The lowest BCUT2D eigenvalue weighted by Gasteiger charge is -2.28. The predicted molar refractivity (Wildman–Crippen MR) is 196 cm³/mol. The Bertz CT molecular complexity index is 858. The Morgan fingerprint density at radius 1 is 0.532 bits per heavy atom. The second kappa shape index (κ2) is 31.9. The zero-order valence-corrected chi connectivity index (χ0v) is 31.2. The third kappa shape index (κ3) is 27.2. The number of ketones is 2. The normalized spacial score (nSPS) is 13.5. The van der Waals surface area contributed by atoms with Crippen molar-refractivity contribution in [2.24, 2.45) is 0 Å². The van der Waals surface area contributed by atoms with Crippen molar-refractivity contribution in [3.63, 3.8) is 0 Å². The number of aliphatic hydroxyl groups excluding tert-OH is 1. The molecule has 0 aromatic rings. The van der Waals surface area contributed by atoms with E-state index in [9.17, 15) is 27.7 Å². The molecule has 0 atom stereocenters. The lowest BCUT2D eigenvalue weighted by Crippen LogP contribution is -2.51. The van der Waals surface area contributed by atoms with Gasteiger partial charge in [0.1, 0.15) is 0 Å². The first-order chi connectivity index (χ1) is 22.7. The quantitative estimate of drug-likeness (QED) is 0.0292. The Balaban J connectivity index is 4.39. The van der Waals surface area contributed by atoms with Crippen molar-refractivity contribution in [1.82, 2.24) is 0 Å². The van der Waals surface area contributed by atoms with Crippen molar-refractivity contribution in [3.05, 3.63) is 24.3 Å². The minimum atomic E-state index is -5.08. The van der Waals surface area contributed by atoms with E-state index in [-0.39, 0.29) is 12.8 Å². The summed E-state index contributed by atoms with van der Waals surface area (Å²) in [7, 11) is -5.08. The fourth-order valence-corrected chi connectivity index (χ4v) is 6.65. The molecule has 0 aromatic heterocycles. The molecule has 0 rings (SSSR count). The minimum absolute atomic E-state index is 0.0359. The lowest BCUT2D eigenvalue weighted by atomic mass is 9.84. The van der Waals surface area contributed by atoms with Crippen LogP contribution in [0.2, 0.25) is 0 Å². The van der Waals surface area contributed by atoms with Crippen molar-refractivity contribution in [2.45, 2.75) is 206 Å². The number of hydrogen-bond donors (Lipinski definition) is 2. The van der Waals surface area contributed by atoms with Crippen LogP contribution in [0, 0.1) is 0 Å². The highest BCUT2D eigenvalue weighted by molar-refractivity contribution is 7.81. The third-order valence-electron chi connectivity index (χ3n) is 8.94. The van der Waals surface area contributed by atoms with Crippen LogP contribution in [0.4, 0.5) is 0 Å². The monoisotopic (exact) mass is 684 g/mol. The molecular weight excluding hydrogens is 612 g/mol.